The third kappa shape index (κ3) is 8.01. The van der Waals surface area contributed by atoms with Crippen LogP contribution < -0.4 is 15.4 Å². The van der Waals surface area contributed by atoms with Gasteiger partial charge in [-0.2, -0.15) is 0 Å². The predicted molar refractivity (Wildman–Crippen MR) is 97.2 cm³/mol. The van der Waals surface area contributed by atoms with Gasteiger partial charge in [-0.05, 0) is 50.9 Å². The van der Waals surface area contributed by atoms with E-state index in [4.69, 9.17) is 0 Å². The highest BCUT2D eigenvalue weighted by molar-refractivity contribution is 7.89. The lowest BCUT2D eigenvalue weighted by Gasteiger charge is -2.32. The Bertz CT molecular complexity index is 455. The molecular formula is C16H34N4O2S. The Hall–Kier alpha value is -0.820. The molecule has 7 heteroatoms. The highest BCUT2D eigenvalue weighted by Gasteiger charge is 2.23. The van der Waals surface area contributed by atoms with Gasteiger partial charge in [0.1, 0.15) is 0 Å². The summed E-state index contributed by atoms with van der Waals surface area (Å²) >= 11 is 0. The van der Waals surface area contributed by atoms with Crippen LogP contribution in [0.5, 0.6) is 0 Å². The molecule has 0 aromatic heterocycles. The van der Waals surface area contributed by atoms with Crippen molar-refractivity contribution in [2.24, 2.45) is 16.8 Å². The van der Waals surface area contributed by atoms with Gasteiger partial charge in [-0.3, -0.25) is 4.99 Å². The molecule has 1 fully saturated rings. The summed E-state index contributed by atoms with van der Waals surface area (Å²) in [4.78, 5) is 4.25. The van der Waals surface area contributed by atoms with Crippen molar-refractivity contribution in [1.82, 2.24) is 15.4 Å². The smallest absolute Gasteiger partial charge is 0.211 e. The Balaban J connectivity index is 2.21. The molecule has 0 unspecified atom stereocenters. The average molecular weight is 347 g/mol. The Morgan fingerprint density at radius 1 is 1.17 bits per heavy atom. The molecule has 0 amide bonds. The molecule has 0 aliphatic heterocycles. The van der Waals surface area contributed by atoms with Crippen molar-refractivity contribution in [3.8, 4) is 0 Å². The van der Waals surface area contributed by atoms with Crippen LogP contribution in [0.15, 0.2) is 4.99 Å². The molecule has 0 atom stereocenters. The van der Waals surface area contributed by atoms with Crippen molar-refractivity contribution in [2.75, 3.05) is 25.9 Å². The van der Waals surface area contributed by atoms with E-state index >= 15 is 0 Å². The molecule has 0 bridgehead atoms. The molecule has 1 aliphatic rings. The summed E-state index contributed by atoms with van der Waals surface area (Å²) in [6, 6.07) is 0.495. The number of nitrogens with zero attached hydrogens (tertiary/aromatic N) is 1. The standard InChI is InChI=1S/C16H34N4O2S/c1-5-23(21,22)19-12-6-11-18-16(17-4)20-15-9-7-14(8-10-15)13(2)3/h13-15,19H,5-12H2,1-4H3,(H2,17,18,20). The largest absolute Gasteiger partial charge is 0.356 e. The van der Waals surface area contributed by atoms with Gasteiger partial charge in [0.15, 0.2) is 5.96 Å². The topological polar surface area (TPSA) is 82.6 Å². The van der Waals surface area contributed by atoms with Gasteiger partial charge < -0.3 is 10.6 Å². The molecule has 6 nitrogen and oxygen atoms in total. The second-order valence-electron chi connectivity index (χ2n) is 6.65. The van der Waals surface area contributed by atoms with Crippen molar-refractivity contribution in [2.45, 2.75) is 58.9 Å². The molecule has 136 valence electrons. The van der Waals surface area contributed by atoms with E-state index in [9.17, 15) is 8.42 Å². The normalized spacial score (nSPS) is 23.1. The SMILES string of the molecule is CCS(=O)(=O)NCCCNC(=NC)NC1CCC(C(C)C)CC1. The molecule has 23 heavy (non-hydrogen) atoms. The molecule has 0 saturated heterocycles. The van der Waals surface area contributed by atoms with Crippen LogP contribution in [0.2, 0.25) is 0 Å². The van der Waals surface area contributed by atoms with Crippen molar-refractivity contribution in [3.63, 3.8) is 0 Å². The van der Waals surface area contributed by atoms with Gasteiger partial charge in [-0.1, -0.05) is 13.8 Å². The maximum absolute atomic E-state index is 11.3. The molecule has 0 aromatic rings. The Kier molecular flexibility index (Phi) is 8.91. The minimum absolute atomic E-state index is 0.128. The molecule has 1 rings (SSSR count). The number of sulfonamides is 1. The van der Waals surface area contributed by atoms with E-state index in [1.54, 1.807) is 14.0 Å². The summed E-state index contributed by atoms with van der Waals surface area (Å²) in [5, 5.41) is 6.74. The first kappa shape index (κ1) is 20.2. The first-order chi connectivity index (χ1) is 10.9. The highest BCUT2D eigenvalue weighted by atomic mass is 32.2. The van der Waals surface area contributed by atoms with E-state index in [2.05, 4.69) is 34.2 Å². The third-order valence-corrected chi connectivity index (χ3v) is 6.03. The molecule has 0 heterocycles. The summed E-state index contributed by atoms with van der Waals surface area (Å²) in [6.07, 6.45) is 5.69. The lowest BCUT2D eigenvalue weighted by Crippen LogP contribution is -2.45. The van der Waals surface area contributed by atoms with Crippen molar-refractivity contribution < 1.29 is 8.42 Å². The molecule has 1 aliphatic carbocycles. The van der Waals surface area contributed by atoms with Crippen LogP contribution >= 0.6 is 0 Å². The summed E-state index contributed by atoms with van der Waals surface area (Å²) in [7, 11) is -1.31. The zero-order valence-electron chi connectivity index (χ0n) is 15.1. The number of nitrogens with one attached hydrogen (secondary N) is 3. The van der Waals surface area contributed by atoms with Gasteiger partial charge in [-0.15, -0.1) is 0 Å². The highest BCUT2D eigenvalue weighted by Crippen LogP contribution is 2.29. The number of guanidine groups is 1. The van der Waals surface area contributed by atoms with E-state index in [-0.39, 0.29) is 5.75 Å². The Labute approximate surface area is 142 Å². The predicted octanol–water partition coefficient (Wildman–Crippen LogP) is 1.70. The zero-order chi connectivity index (χ0) is 17.3. The second-order valence-corrected chi connectivity index (χ2v) is 8.75. The minimum Gasteiger partial charge on any atom is -0.356 e. The summed E-state index contributed by atoms with van der Waals surface area (Å²) < 4.78 is 25.2. The number of aliphatic imine (C=N–C) groups is 1. The second kappa shape index (κ2) is 10.1. The lowest BCUT2D eigenvalue weighted by molar-refractivity contribution is 0.250. The number of hydrogen-bond acceptors (Lipinski definition) is 3. The maximum atomic E-state index is 11.3. The monoisotopic (exact) mass is 346 g/mol. The average Bonchev–Trinajstić information content (AvgIpc) is 2.53. The van der Waals surface area contributed by atoms with E-state index in [0.717, 1.165) is 24.2 Å². The van der Waals surface area contributed by atoms with Crippen LogP contribution in [0.1, 0.15) is 52.9 Å². The minimum atomic E-state index is -3.08. The maximum Gasteiger partial charge on any atom is 0.211 e. The quantitative estimate of drug-likeness (QED) is 0.355. The van der Waals surface area contributed by atoms with Crippen molar-refractivity contribution >= 4 is 16.0 Å². The Morgan fingerprint density at radius 2 is 1.83 bits per heavy atom. The van der Waals surface area contributed by atoms with Crippen LogP contribution in [0.4, 0.5) is 0 Å². The first-order valence-electron chi connectivity index (χ1n) is 8.82. The molecule has 0 radical (unpaired) electrons. The molecule has 0 aromatic carbocycles. The van der Waals surface area contributed by atoms with Crippen molar-refractivity contribution in [1.29, 1.82) is 0 Å². The summed E-state index contributed by atoms with van der Waals surface area (Å²) in [5.74, 6) is 2.58. The van der Waals surface area contributed by atoms with Crippen LogP contribution in [0, 0.1) is 11.8 Å². The van der Waals surface area contributed by atoms with E-state index < -0.39 is 10.0 Å². The Morgan fingerprint density at radius 3 is 2.35 bits per heavy atom. The summed E-state index contributed by atoms with van der Waals surface area (Å²) in [5.41, 5.74) is 0. The number of hydrogen-bond donors (Lipinski definition) is 3. The van der Waals surface area contributed by atoms with Gasteiger partial charge in [-0.25, -0.2) is 13.1 Å². The lowest BCUT2D eigenvalue weighted by atomic mass is 9.80. The molecule has 1 saturated carbocycles. The first-order valence-corrected chi connectivity index (χ1v) is 10.5. The third-order valence-electron chi connectivity index (χ3n) is 4.63. The van der Waals surface area contributed by atoms with Gasteiger partial charge in [0.05, 0.1) is 5.75 Å². The van der Waals surface area contributed by atoms with Crippen LogP contribution in [-0.2, 0) is 10.0 Å². The zero-order valence-corrected chi connectivity index (χ0v) is 15.9. The van der Waals surface area contributed by atoms with Gasteiger partial charge >= 0.3 is 0 Å². The molecule has 3 N–H and O–H groups in total. The van der Waals surface area contributed by atoms with E-state index in [1.807, 2.05) is 0 Å². The van der Waals surface area contributed by atoms with Gasteiger partial charge in [0.25, 0.3) is 0 Å². The molecular weight excluding hydrogens is 312 g/mol. The van der Waals surface area contributed by atoms with E-state index in [1.165, 1.54) is 25.7 Å². The van der Waals surface area contributed by atoms with Gasteiger partial charge in [0, 0.05) is 26.2 Å². The molecule has 0 spiro atoms. The van der Waals surface area contributed by atoms with Gasteiger partial charge in [0.2, 0.25) is 10.0 Å². The van der Waals surface area contributed by atoms with Crippen LogP contribution in [0.25, 0.3) is 0 Å². The van der Waals surface area contributed by atoms with Crippen LogP contribution in [-0.4, -0.2) is 46.3 Å². The fourth-order valence-corrected chi connectivity index (χ4v) is 3.60. The van der Waals surface area contributed by atoms with E-state index in [0.29, 0.717) is 19.1 Å². The fraction of sp³-hybridized carbons (Fsp3) is 0.938. The fourth-order valence-electron chi connectivity index (χ4n) is 2.94. The summed E-state index contributed by atoms with van der Waals surface area (Å²) in [6.45, 7) is 7.42. The van der Waals surface area contributed by atoms with Crippen molar-refractivity contribution in [3.05, 3.63) is 0 Å². The van der Waals surface area contributed by atoms with Crippen LogP contribution in [0.3, 0.4) is 0 Å². The number of rotatable bonds is 8.